The molecule has 2 N–H and O–H groups in total. The summed E-state index contributed by atoms with van der Waals surface area (Å²) in [6, 6.07) is 6.95. The van der Waals surface area contributed by atoms with E-state index in [9.17, 15) is 14.4 Å². The lowest BCUT2D eigenvalue weighted by atomic mass is 9.63. The number of carbonyl (C=O) groups is 3. The van der Waals surface area contributed by atoms with Gasteiger partial charge in [0.15, 0.2) is 5.78 Å². The summed E-state index contributed by atoms with van der Waals surface area (Å²) in [6.07, 6.45) is 2.97. The van der Waals surface area contributed by atoms with E-state index in [0.29, 0.717) is 48.4 Å². The first-order valence-corrected chi connectivity index (χ1v) is 12.1. The van der Waals surface area contributed by atoms with Crippen LogP contribution in [0.2, 0.25) is 0 Å². The molecular formula is C27H31N5O3. The van der Waals surface area contributed by atoms with E-state index < -0.39 is 5.41 Å². The van der Waals surface area contributed by atoms with Crippen LogP contribution in [0.3, 0.4) is 0 Å². The van der Waals surface area contributed by atoms with Gasteiger partial charge in [-0.05, 0) is 49.4 Å². The number of pyridine rings is 2. The smallest absolute Gasteiger partial charge is 0.270 e. The minimum atomic E-state index is -0.460. The van der Waals surface area contributed by atoms with Crippen molar-refractivity contribution in [1.29, 1.82) is 0 Å². The SMILES string of the molecule is Cc1ccc(C(=O)N2CCC(NC(=O)c3ccc4[nH]c5c(c4n3)C(C)(C)CC(C)(C)C5=O)C2)cn1. The number of aromatic nitrogens is 3. The first kappa shape index (κ1) is 23.2. The molecule has 4 heterocycles. The quantitative estimate of drug-likeness (QED) is 0.602. The van der Waals surface area contributed by atoms with Gasteiger partial charge in [0.25, 0.3) is 11.8 Å². The Morgan fingerprint density at radius 2 is 1.89 bits per heavy atom. The molecule has 0 spiro atoms. The molecule has 1 aliphatic heterocycles. The number of hydrogen-bond acceptors (Lipinski definition) is 5. The number of rotatable bonds is 3. The average Bonchev–Trinajstić information content (AvgIpc) is 3.41. The van der Waals surface area contributed by atoms with Crippen molar-refractivity contribution in [2.75, 3.05) is 13.1 Å². The van der Waals surface area contributed by atoms with Crippen LogP contribution in [0.5, 0.6) is 0 Å². The molecule has 0 aromatic carbocycles. The Morgan fingerprint density at radius 3 is 2.60 bits per heavy atom. The van der Waals surface area contributed by atoms with Crippen LogP contribution in [0.4, 0.5) is 0 Å². The highest BCUT2D eigenvalue weighted by Crippen LogP contribution is 2.47. The summed E-state index contributed by atoms with van der Waals surface area (Å²) in [5, 5.41) is 3.03. The third-order valence-corrected chi connectivity index (χ3v) is 7.25. The first-order chi connectivity index (χ1) is 16.5. The van der Waals surface area contributed by atoms with Crippen LogP contribution >= 0.6 is 0 Å². The number of aryl methyl sites for hydroxylation is 1. The highest BCUT2D eigenvalue weighted by atomic mass is 16.2. The Labute approximate surface area is 204 Å². The molecule has 8 nitrogen and oxygen atoms in total. The molecule has 1 saturated heterocycles. The number of nitrogens with one attached hydrogen (secondary N) is 2. The van der Waals surface area contributed by atoms with Gasteiger partial charge in [-0.2, -0.15) is 0 Å². The Kier molecular flexibility index (Phi) is 5.30. The maximum absolute atomic E-state index is 13.1. The van der Waals surface area contributed by atoms with Crippen molar-refractivity contribution in [1.82, 2.24) is 25.2 Å². The maximum Gasteiger partial charge on any atom is 0.270 e. The van der Waals surface area contributed by atoms with Crippen LogP contribution in [0, 0.1) is 12.3 Å². The number of hydrogen-bond donors (Lipinski definition) is 2. The zero-order valence-corrected chi connectivity index (χ0v) is 20.9. The Hall–Kier alpha value is -3.55. The summed E-state index contributed by atoms with van der Waals surface area (Å²) in [5.74, 6) is -0.281. The summed E-state index contributed by atoms with van der Waals surface area (Å²) in [4.78, 5) is 52.8. The molecule has 35 heavy (non-hydrogen) atoms. The van der Waals surface area contributed by atoms with Gasteiger partial charge < -0.3 is 15.2 Å². The molecule has 1 fully saturated rings. The lowest BCUT2D eigenvalue weighted by molar-refractivity contribution is 0.0758. The first-order valence-electron chi connectivity index (χ1n) is 12.1. The van der Waals surface area contributed by atoms with Crippen molar-refractivity contribution < 1.29 is 14.4 Å². The molecule has 3 aromatic rings. The largest absolute Gasteiger partial charge is 0.351 e. The number of amides is 2. The van der Waals surface area contributed by atoms with Crippen LogP contribution in [-0.4, -0.2) is 56.6 Å². The lowest BCUT2D eigenvalue weighted by Crippen LogP contribution is -2.40. The number of nitrogens with zero attached hydrogens (tertiary/aromatic N) is 3. The molecular weight excluding hydrogens is 442 g/mol. The molecule has 1 unspecified atom stereocenters. The predicted molar refractivity (Wildman–Crippen MR) is 133 cm³/mol. The fourth-order valence-corrected chi connectivity index (χ4v) is 5.73. The summed E-state index contributed by atoms with van der Waals surface area (Å²) in [5.41, 5.74) is 3.91. The van der Waals surface area contributed by atoms with Gasteiger partial charge in [-0.3, -0.25) is 19.4 Å². The number of H-pyrrole nitrogens is 1. The molecule has 3 aromatic heterocycles. The number of ketones is 1. The summed E-state index contributed by atoms with van der Waals surface area (Å²) in [7, 11) is 0. The molecule has 2 aliphatic rings. The molecule has 0 saturated carbocycles. The van der Waals surface area contributed by atoms with Crippen LogP contribution in [0.25, 0.3) is 11.0 Å². The van der Waals surface area contributed by atoms with Gasteiger partial charge >= 0.3 is 0 Å². The summed E-state index contributed by atoms with van der Waals surface area (Å²) in [6.45, 7) is 11.1. The average molecular weight is 474 g/mol. The van der Waals surface area contributed by atoms with Gasteiger partial charge in [-0.1, -0.05) is 27.7 Å². The fraction of sp³-hybridized carbons (Fsp3) is 0.444. The Balaban J connectivity index is 1.34. The van der Waals surface area contributed by atoms with Crippen molar-refractivity contribution >= 4 is 28.6 Å². The second kappa shape index (κ2) is 8.00. The normalized spacial score (nSPS) is 20.7. The number of carbonyl (C=O) groups excluding carboxylic acids is 3. The van der Waals surface area contributed by atoms with Crippen LogP contribution in [0.1, 0.15) is 83.1 Å². The Morgan fingerprint density at radius 1 is 1.11 bits per heavy atom. The molecule has 182 valence electrons. The van der Waals surface area contributed by atoms with E-state index in [1.165, 1.54) is 0 Å². The zero-order valence-electron chi connectivity index (χ0n) is 20.9. The molecule has 2 amide bonds. The van der Waals surface area contributed by atoms with Gasteiger partial charge in [0, 0.05) is 42.0 Å². The fourth-order valence-electron chi connectivity index (χ4n) is 5.73. The summed E-state index contributed by atoms with van der Waals surface area (Å²) < 4.78 is 0. The maximum atomic E-state index is 13.1. The van der Waals surface area contributed by atoms with E-state index in [1.807, 2.05) is 32.9 Å². The van der Waals surface area contributed by atoms with Crippen LogP contribution < -0.4 is 5.32 Å². The minimum absolute atomic E-state index is 0.0790. The zero-order chi connectivity index (χ0) is 25.1. The minimum Gasteiger partial charge on any atom is -0.351 e. The highest BCUT2D eigenvalue weighted by Gasteiger charge is 2.46. The molecule has 1 atom stereocenters. The number of Topliss-reactive ketones (excluding diaryl/α,β-unsaturated/α-hetero) is 1. The third-order valence-electron chi connectivity index (χ3n) is 7.25. The van der Waals surface area contributed by atoms with E-state index >= 15 is 0 Å². The molecule has 0 radical (unpaired) electrons. The van der Waals surface area contributed by atoms with Gasteiger partial charge in [-0.25, -0.2) is 4.98 Å². The summed E-state index contributed by atoms with van der Waals surface area (Å²) >= 11 is 0. The van der Waals surface area contributed by atoms with Gasteiger partial charge in [0.2, 0.25) is 0 Å². The van der Waals surface area contributed by atoms with Gasteiger partial charge in [-0.15, -0.1) is 0 Å². The van der Waals surface area contributed by atoms with Crippen molar-refractivity contribution in [3.63, 3.8) is 0 Å². The lowest BCUT2D eigenvalue weighted by Gasteiger charge is -2.39. The Bertz CT molecular complexity index is 1350. The molecule has 8 heteroatoms. The van der Waals surface area contributed by atoms with Gasteiger partial charge in [0.1, 0.15) is 5.69 Å². The molecule has 1 aliphatic carbocycles. The van der Waals surface area contributed by atoms with E-state index in [2.05, 4.69) is 29.1 Å². The second-order valence-corrected chi connectivity index (χ2v) is 11.1. The number of fused-ring (bicyclic) bond motifs is 3. The van der Waals surface area contributed by atoms with E-state index in [0.717, 1.165) is 16.8 Å². The van der Waals surface area contributed by atoms with E-state index in [4.69, 9.17) is 4.98 Å². The van der Waals surface area contributed by atoms with Crippen LogP contribution in [0.15, 0.2) is 30.5 Å². The van der Waals surface area contributed by atoms with Crippen molar-refractivity contribution in [2.24, 2.45) is 5.41 Å². The monoisotopic (exact) mass is 473 g/mol. The number of aromatic amines is 1. The van der Waals surface area contributed by atoms with Crippen molar-refractivity contribution in [3.05, 3.63) is 58.7 Å². The third kappa shape index (κ3) is 4.00. The highest BCUT2D eigenvalue weighted by molar-refractivity contribution is 6.07. The van der Waals surface area contributed by atoms with Crippen molar-refractivity contribution in [2.45, 2.75) is 58.9 Å². The predicted octanol–water partition coefficient (Wildman–Crippen LogP) is 3.80. The van der Waals surface area contributed by atoms with Gasteiger partial charge in [0.05, 0.1) is 22.3 Å². The standard InChI is InChI=1S/C27H31N5O3/c1-15-6-7-16(12-28-15)25(35)32-11-10-17(13-32)29-24(34)19-9-8-18-21(31-19)20-22(30-18)23(33)27(4,5)14-26(20,2)3/h6-9,12,17,30H,10-11,13-14H2,1-5H3,(H,29,34). The number of likely N-dealkylation sites (tertiary alicyclic amines) is 1. The molecule has 0 bridgehead atoms. The van der Waals surface area contributed by atoms with E-state index in [-0.39, 0.29) is 29.1 Å². The second-order valence-electron chi connectivity index (χ2n) is 11.1. The van der Waals surface area contributed by atoms with E-state index in [1.54, 1.807) is 23.2 Å². The topological polar surface area (TPSA) is 108 Å². The van der Waals surface area contributed by atoms with Crippen LogP contribution in [-0.2, 0) is 5.41 Å². The molecule has 5 rings (SSSR count). The van der Waals surface area contributed by atoms with Crippen molar-refractivity contribution in [3.8, 4) is 0 Å².